The van der Waals surface area contributed by atoms with Crippen LogP contribution in [0.5, 0.6) is 0 Å². The third-order valence-electron chi connectivity index (χ3n) is 2.65. The van der Waals surface area contributed by atoms with E-state index in [-0.39, 0.29) is 51.4 Å². The van der Waals surface area contributed by atoms with Gasteiger partial charge in [0.25, 0.3) is 0 Å². The molecule has 17 heavy (non-hydrogen) atoms. The van der Waals surface area contributed by atoms with E-state index < -0.39 is 11.9 Å². The van der Waals surface area contributed by atoms with Crippen LogP contribution in [-0.4, -0.2) is 43.1 Å². The van der Waals surface area contributed by atoms with Crippen molar-refractivity contribution in [3.63, 3.8) is 0 Å². The van der Waals surface area contributed by atoms with E-state index >= 15 is 0 Å². The first-order chi connectivity index (χ1) is 7.31. The molecular formula is C11H20KNO4. The smallest absolute Gasteiger partial charge is 0.545 e. The Morgan fingerprint density at radius 3 is 1.24 bits per heavy atom. The Kier molecular flexibility index (Phi) is 16.8. The summed E-state index contributed by atoms with van der Waals surface area (Å²) in [5.74, 6) is -3.09. The number of carbonyl (C=O) groups is 2. The van der Waals surface area contributed by atoms with Gasteiger partial charge in [0.2, 0.25) is 0 Å². The second-order valence-electron chi connectivity index (χ2n) is 3.54. The van der Waals surface area contributed by atoms with Crippen LogP contribution >= 0.6 is 0 Å². The summed E-state index contributed by atoms with van der Waals surface area (Å²) in [6.45, 7) is 10.5. The van der Waals surface area contributed by atoms with Crippen LogP contribution in [0.25, 0.3) is 0 Å². The zero-order valence-corrected chi connectivity index (χ0v) is 14.5. The van der Waals surface area contributed by atoms with Crippen molar-refractivity contribution in [3.8, 4) is 0 Å². The SMILES string of the molecule is CC[N+](C)(CC)CC.O=C([O-])/C=C\C(=O)[O-].[K+]. The van der Waals surface area contributed by atoms with Gasteiger partial charge in [-0.15, -0.1) is 0 Å². The van der Waals surface area contributed by atoms with Crippen LogP contribution in [0.3, 0.4) is 0 Å². The Balaban J connectivity index is -0.000000218. The molecule has 94 valence electrons. The fraction of sp³-hybridized carbons (Fsp3) is 0.636. The van der Waals surface area contributed by atoms with Crippen LogP contribution in [-0.2, 0) is 9.59 Å². The van der Waals surface area contributed by atoms with Crippen LogP contribution in [0.2, 0.25) is 0 Å². The van der Waals surface area contributed by atoms with E-state index in [1.54, 1.807) is 0 Å². The van der Waals surface area contributed by atoms with E-state index in [4.69, 9.17) is 0 Å². The second kappa shape index (κ2) is 12.7. The third-order valence-corrected chi connectivity index (χ3v) is 2.65. The minimum Gasteiger partial charge on any atom is -0.545 e. The van der Waals surface area contributed by atoms with Gasteiger partial charge in [0.05, 0.1) is 38.6 Å². The normalized spacial score (nSPS) is 10.1. The monoisotopic (exact) mass is 269 g/mol. The van der Waals surface area contributed by atoms with Crippen molar-refractivity contribution >= 4 is 11.9 Å². The summed E-state index contributed by atoms with van der Waals surface area (Å²) in [7, 11) is 2.29. The molecule has 0 rings (SSSR count). The molecule has 0 heterocycles. The van der Waals surface area contributed by atoms with Crippen LogP contribution < -0.4 is 61.6 Å². The molecule has 0 aliphatic rings. The molecule has 0 unspecified atom stereocenters. The Morgan fingerprint density at radius 1 is 0.941 bits per heavy atom. The molecule has 0 fully saturated rings. The van der Waals surface area contributed by atoms with E-state index in [1.165, 1.54) is 24.1 Å². The van der Waals surface area contributed by atoms with Crippen molar-refractivity contribution in [1.82, 2.24) is 0 Å². The number of carbonyl (C=O) groups excluding carboxylic acids is 2. The fourth-order valence-electron chi connectivity index (χ4n) is 0.807. The predicted molar refractivity (Wildman–Crippen MR) is 57.0 cm³/mol. The molecule has 0 aromatic heterocycles. The maximum atomic E-state index is 9.41. The van der Waals surface area contributed by atoms with E-state index in [2.05, 4.69) is 27.8 Å². The van der Waals surface area contributed by atoms with E-state index in [0.717, 1.165) is 0 Å². The van der Waals surface area contributed by atoms with Gasteiger partial charge in [-0.05, 0) is 32.9 Å². The van der Waals surface area contributed by atoms with Gasteiger partial charge < -0.3 is 24.3 Å². The van der Waals surface area contributed by atoms with E-state index in [1.807, 2.05) is 0 Å². The standard InChI is InChI=1S/C7H18N.C4H4O4.K/c1-5-8(4,6-2)7-3;5-3(6)1-2-4(7)8;/h5-7H2,1-4H3;1-2H,(H,5,6)(H,7,8);/q+1;;+1/p-2/b;2-1-;. The number of carboxylic acids is 2. The van der Waals surface area contributed by atoms with Gasteiger partial charge >= 0.3 is 51.4 Å². The van der Waals surface area contributed by atoms with Crippen molar-refractivity contribution in [2.75, 3.05) is 26.7 Å². The van der Waals surface area contributed by atoms with Gasteiger partial charge in [-0.25, -0.2) is 0 Å². The van der Waals surface area contributed by atoms with Gasteiger partial charge in [0.15, 0.2) is 0 Å². The molecule has 0 saturated heterocycles. The maximum absolute atomic E-state index is 9.41. The van der Waals surface area contributed by atoms with Crippen LogP contribution in [0.4, 0.5) is 0 Å². The summed E-state index contributed by atoms with van der Waals surface area (Å²) in [5, 5.41) is 18.8. The third kappa shape index (κ3) is 16.3. The summed E-state index contributed by atoms with van der Waals surface area (Å²) in [6.07, 6.45) is 0.769. The number of quaternary nitrogens is 1. The zero-order valence-electron chi connectivity index (χ0n) is 11.4. The van der Waals surface area contributed by atoms with Crippen molar-refractivity contribution in [2.24, 2.45) is 0 Å². The number of nitrogens with zero attached hydrogens (tertiary/aromatic N) is 1. The largest absolute Gasteiger partial charge is 1.00 e. The van der Waals surface area contributed by atoms with Gasteiger partial charge in [0, 0.05) is 0 Å². The average Bonchev–Trinajstić information content (AvgIpc) is 2.26. The molecule has 0 N–H and O–H groups in total. The molecule has 0 aromatic carbocycles. The molecule has 0 radical (unpaired) electrons. The number of carboxylic acid groups (broad SMARTS) is 2. The molecule has 0 aromatic rings. The Hall–Kier alpha value is 0.276. The number of hydrogen-bond acceptors (Lipinski definition) is 4. The summed E-state index contributed by atoms with van der Waals surface area (Å²) in [6, 6.07) is 0. The quantitative estimate of drug-likeness (QED) is 0.286. The fourth-order valence-corrected chi connectivity index (χ4v) is 0.807. The second-order valence-corrected chi connectivity index (χ2v) is 3.54. The molecule has 0 spiro atoms. The molecule has 0 amide bonds. The molecule has 0 saturated carbocycles. The minimum absolute atomic E-state index is 0. The van der Waals surface area contributed by atoms with E-state index in [9.17, 15) is 19.8 Å². The van der Waals surface area contributed by atoms with Crippen molar-refractivity contribution in [3.05, 3.63) is 12.2 Å². The minimum atomic E-state index is -1.55. The van der Waals surface area contributed by atoms with Crippen molar-refractivity contribution in [2.45, 2.75) is 20.8 Å². The summed E-state index contributed by atoms with van der Waals surface area (Å²) in [5.41, 5.74) is 0. The summed E-state index contributed by atoms with van der Waals surface area (Å²) in [4.78, 5) is 18.8. The number of rotatable bonds is 5. The van der Waals surface area contributed by atoms with Crippen LogP contribution in [0.15, 0.2) is 12.2 Å². The first-order valence-corrected chi connectivity index (χ1v) is 5.24. The zero-order chi connectivity index (χ0) is 13.2. The van der Waals surface area contributed by atoms with Crippen molar-refractivity contribution in [1.29, 1.82) is 0 Å². The molecule has 6 heteroatoms. The van der Waals surface area contributed by atoms with Crippen LogP contribution in [0.1, 0.15) is 20.8 Å². The van der Waals surface area contributed by atoms with Gasteiger partial charge in [-0.1, -0.05) is 0 Å². The van der Waals surface area contributed by atoms with Crippen LogP contribution in [0, 0.1) is 0 Å². The topological polar surface area (TPSA) is 80.3 Å². The van der Waals surface area contributed by atoms with Gasteiger partial charge in [0.1, 0.15) is 0 Å². The molecule has 0 aliphatic carbocycles. The predicted octanol–water partition coefficient (Wildman–Crippen LogP) is -4.46. The first-order valence-electron chi connectivity index (χ1n) is 5.24. The summed E-state index contributed by atoms with van der Waals surface area (Å²) >= 11 is 0. The summed E-state index contributed by atoms with van der Waals surface area (Å²) < 4.78 is 1.21. The number of aliphatic carboxylic acids is 2. The molecule has 0 bridgehead atoms. The van der Waals surface area contributed by atoms with Gasteiger partial charge in [-0.2, -0.15) is 0 Å². The van der Waals surface area contributed by atoms with Crippen molar-refractivity contribution < 1.29 is 75.7 Å². The Labute approximate surface area is 146 Å². The average molecular weight is 269 g/mol. The molecular weight excluding hydrogens is 249 g/mol. The van der Waals surface area contributed by atoms with E-state index in [0.29, 0.717) is 12.2 Å². The Bertz CT molecular complexity index is 226. The molecule has 5 nitrogen and oxygen atoms in total. The number of hydrogen-bond donors (Lipinski definition) is 0. The first kappa shape index (κ1) is 22.5. The Morgan fingerprint density at radius 2 is 1.18 bits per heavy atom. The molecule has 0 atom stereocenters. The van der Waals surface area contributed by atoms with Gasteiger partial charge in [-0.3, -0.25) is 0 Å². The maximum Gasteiger partial charge on any atom is 1.00 e. The molecule has 0 aliphatic heterocycles.